The number of nitrogens with zero attached hydrogens (tertiary/aromatic N) is 1. The summed E-state index contributed by atoms with van der Waals surface area (Å²) in [5.74, 6) is 0.559. The van der Waals surface area contributed by atoms with Gasteiger partial charge in [0.2, 0.25) is 0 Å². The van der Waals surface area contributed by atoms with Crippen molar-refractivity contribution in [2.24, 2.45) is 5.10 Å². The zero-order chi connectivity index (χ0) is 20.6. The SMILES string of the molecule is O=C(N/N=C/c1ccc[nH]1)c1ccc(COc2ccccc2-c2ccccc2)cc1. The van der Waals surface area contributed by atoms with Gasteiger partial charge in [0, 0.05) is 17.3 Å². The molecule has 0 radical (unpaired) electrons. The van der Waals surface area contributed by atoms with E-state index in [1.807, 2.05) is 66.7 Å². The third-order valence-electron chi connectivity index (χ3n) is 4.57. The van der Waals surface area contributed by atoms with Crippen LogP contribution in [-0.4, -0.2) is 17.1 Å². The zero-order valence-corrected chi connectivity index (χ0v) is 16.3. The van der Waals surface area contributed by atoms with Gasteiger partial charge in [0.25, 0.3) is 5.91 Å². The molecule has 0 atom stereocenters. The average molecular weight is 395 g/mol. The van der Waals surface area contributed by atoms with Crippen LogP contribution in [0, 0.1) is 0 Å². The van der Waals surface area contributed by atoms with Gasteiger partial charge in [-0.15, -0.1) is 0 Å². The molecule has 5 heteroatoms. The van der Waals surface area contributed by atoms with Crippen molar-refractivity contribution < 1.29 is 9.53 Å². The van der Waals surface area contributed by atoms with E-state index in [9.17, 15) is 4.79 Å². The number of hydrazone groups is 1. The van der Waals surface area contributed by atoms with Gasteiger partial charge in [-0.25, -0.2) is 5.43 Å². The Morgan fingerprint density at radius 2 is 1.67 bits per heavy atom. The van der Waals surface area contributed by atoms with E-state index >= 15 is 0 Å². The summed E-state index contributed by atoms with van der Waals surface area (Å²) >= 11 is 0. The highest BCUT2D eigenvalue weighted by atomic mass is 16.5. The van der Waals surface area contributed by atoms with Crippen molar-refractivity contribution >= 4 is 12.1 Å². The number of benzene rings is 3. The molecule has 1 heterocycles. The summed E-state index contributed by atoms with van der Waals surface area (Å²) in [5, 5.41) is 3.95. The third kappa shape index (κ3) is 4.83. The second-order valence-electron chi connectivity index (χ2n) is 6.67. The lowest BCUT2D eigenvalue weighted by molar-refractivity contribution is 0.0955. The Kier molecular flexibility index (Phi) is 6.01. The second kappa shape index (κ2) is 9.39. The van der Waals surface area contributed by atoms with Gasteiger partial charge in [0.05, 0.1) is 11.9 Å². The minimum atomic E-state index is -0.264. The summed E-state index contributed by atoms with van der Waals surface area (Å²) in [7, 11) is 0. The molecule has 30 heavy (non-hydrogen) atoms. The van der Waals surface area contributed by atoms with Crippen LogP contribution in [-0.2, 0) is 6.61 Å². The van der Waals surface area contributed by atoms with Gasteiger partial charge in [0.1, 0.15) is 12.4 Å². The van der Waals surface area contributed by atoms with Gasteiger partial charge in [-0.1, -0.05) is 60.7 Å². The maximum absolute atomic E-state index is 12.2. The lowest BCUT2D eigenvalue weighted by atomic mass is 10.0. The molecule has 4 aromatic rings. The first-order valence-corrected chi connectivity index (χ1v) is 9.62. The van der Waals surface area contributed by atoms with Gasteiger partial charge in [0.15, 0.2) is 0 Å². The number of H-pyrrole nitrogens is 1. The molecule has 0 saturated carbocycles. The number of para-hydroxylation sites is 1. The topological polar surface area (TPSA) is 66.5 Å². The molecular formula is C25H21N3O2. The van der Waals surface area contributed by atoms with Crippen LogP contribution < -0.4 is 10.2 Å². The van der Waals surface area contributed by atoms with Gasteiger partial charge in [-0.2, -0.15) is 5.10 Å². The van der Waals surface area contributed by atoms with Crippen LogP contribution in [0.4, 0.5) is 0 Å². The molecule has 0 bridgehead atoms. The molecule has 1 amide bonds. The Labute approximate surface area is 175 Å². The molecule has 148 valence electrons. The normalized spacial score (nSPS) is 10.8. The Balaban J connectivity index is 1.37. The zero-order valence-electron chi connectivity index (χ0n) is 16.3. The van der Waals surface area contributed by atoms with Crippen LogP contribution in [0.25, 0.3) is 11.1 Å². The van der Waals surface area contributed by atoms with Crippen LogP contribution in [0.1, 0.15) is 21.6 Å². The molecule has 2 N–H and O–H groups in total. The fourth-order valence-electron chi connectivity index (χ4n) is 3.01. The van der Waals surface area contributed by atoms with E-state index in [4.69, 9.17) is 4.74 Å². The van der Waals surface area contributed by atoms with Crippen LogP contribution in [0.5, 0.6) is 5.75 Å². The quantitative estimate of drug-likeness (QED) is 0.341. The van der Waals surface area contributed by atoms with E-state index in [0.717, 1.165) is 28.1 Å². The first kappa shape index (κ1) is 19.2. The van der Waals surface area contributed by atoms with Crippen molar-refractivity contribution in [1.29, 1.82) is 0 Å². The molecule has 5 nitrogen and oxygen atoms in total. The molecule has 0 spiro atoms. The third-order valence-corrected chi connectivity index (χ3v) is 4.57. The molecule has 0 unspecified atom stereocenters. The first-order chi connectivity index (χ1) is 14.8. The highest BCUT2D eigenvalue weighted by molar-refractivity contribution is 5.94. The average Bonchev–Trinajstić information content (AvgIpc) is 3.32. The predicted molar refractivity (Wildman–Crippen MR) is 119 cm³/mol. The fraction of sp³-hybridized carbons (Fsp3) is 0.0400. The van der Waals surface area contributed by atoms with Crippen LogP contribution in [0.3, 0.4) is 0 Å². The first-order valence-electron chi connectivity index (χ1n) is 9.62. The molecule has 0 saturated heterocycles. The maximum atomic E-state index is 12.2. The van der Waals surface area contributed by atoms with Crippen LogP contribution >= 0.6 is 0 Å². The Morgan fingerprint density at radius 3 is 2.43 bits per heavy atom. The van der Waals surface area contributed by atoms with E-state index < -0.39 is 0 Å². The molecule has 4 rings (SSSR count). The molecule has 0 aliphatic rings. The van der Waals surface area contributed by atoms with E-state index in [1.54, 1.807) is 24.5 Å². The molecule has 0 aliphatic carbocycles. The molecule has 3 aromatic carbocycles. The standard InChI is InChI=1S/C25H21N3O2/c29-25(28-27-17-22-9-6-16-26-22)21-14-12-19(13-15-21)18-30-24-11-5-4-10-23(24)20-7-2-1-3-8-20/h1-17,26H,18H2,(H,28,29)/b27-17+. The predicted octanol–water partition coefficient (Wildman–Crippen LogP) is 5.02. The number of carbonyl (C=O) groups is 1. The highest BCUT2D eigenvalue weighted by Gasteiger charge is 2.07. The lowest BCUT2D eigenvalue weighted by Gasteiger charge is -2.12. The van der Waals surface area contributed by atoms with E-state index in [0.29, 0.717) is 12.2 Å². The summed E-state index contributed by atoms with van der Waals surface area (Å²) in [6.45, 7) is 0.413. The summed E-state index contributed by atoms with van der Waals surface area (Å²) in [5.41, 5.74) is 7.01. The summed E-state index contributed by atoms with van der Waals surface area (Å²) in [6.07, 6.45) is 3.35. The van der Waals surface area contributed by atoms with Gasteiger partial charge >= 0.3 is 0 Å². The molecule has 0 fully saturated rings. The van der Waals surface area contributed by atoms with Gasteiger partial charge in [-0.05, 0) is 41.5 Å². The summed E-state index contributed by atoms with van der Waals surface area (Å²) in [6, 6.07) is 29.1. The number of ether oxygens (including phenoxy) is 1. The Bertz CT molecular complexity index is 1120. The molecular weight excluding hydrogens is 374 g/mol. The molecule has 1 aromatic heterocycles. The lowest BCUT2D eigenvalue weighted by Crippen LogP contribution is -2.17. The number of amides is 1. The number of aromatic nitrogens is 1. The van der Waals surface area contributed by atoms with Crippen molar-refractivity contribution in [1.82, 2.24) is 10.4 Å². The fourth-order valence-corrected chi connectivity index (χ4v) is 3.01. The van der Waals surface area contributed by atoms with Gasteiger partial charge in [-0.3, -0.25) is 4.79 Å². The largest absolute Gasteiger partial charge is 0.488 e. The van der Waals surface area contributed by atoms with Crippen LogP contribution in [0.15, 0.2) is 102 Å². The van der Waals surface area contributed by atoms with Gasteiger partial charge < -0.3 is 9.72 Å². The van der Waals surface area contributed by atoms with Crippen molar-refractivity contribution in [3.05, 3.63) is 114 Å². The molecule has 0 aliphatic heterocycles. The minimum absolute atomic E-state index is 0.264. The maximum Gasteiger partial charge on any atom is 0.271 e. The highest BCUT2D eigenvalue weighted by Crippen LogP contribution is 2.30. The number of rotatable bonds is 7. The number of aromatic amines is 1. The summed E-state index contributed by atoms with van der Waals surface area (Å²) in [4.78, 5) is 15.2. The smallest absolute Gasteiger partial charge is 0.271 e. The van der Waals surface area contributed by atoms with E-state index in [1.165, 1.54) is 0 Å². The number of carbonyl (C=O) groups excluding carboxylic acids is 1. The second-order valence-corrected chi connectivity index (χ2v) is 6.67. The van der Waals surface area contributed by atoms with Crippen molar-refractivity contribution in [2.45, 2.75) is 6.61 Å². The van der Waals surface area contributed by atoms with E-state index in [-0.39, 0.29) is 5.91 Å². The Hall–Kier alpha value is -4.12. The summed E-state index contributed by atoms with van der Waals surface area (Å²) < 4.78 is 6.06. The van der Waals surface area contributed by atoms with Crippen molar-refractivity contribution in [3.63, 3.8) is 0 Å². The van der Waals surface area contributed by atoms with Crippen molar-refractivity contribution in [2.75, 3.05) is 0 Å². The Morgan fingerprint density at radius 1 is 0.900 bits per heavy atom. The minimum Gasteiger partial charge on any atom is -0.488 e. The van der Waals surface area contributed by atoms with E-state index in [2.05, 4.69) is 27.6 Å². The number of hydrogen-bond donors (Lipinski definition) is 2. The van der Waals surface area contributed by atoms with Crippen LogP contribution in [0.2, 0.25) is 0 Å². The number of hydrogen-bond acceptors (Lipinski definition) is 3. The van der Waals surface area contributed by atoms with Crippen molar-refractivity contribution in [3.8, 4) is 16.9 Å². The number of nitrogens with one attached hydrogen (secondary N) is 2. The monoisotopic (exact) mass is 395 g/mol.